The lowest BCUT2D eigenvalue weighted by Gasteiger charge is -2.05. The molecule has 0 saturated heterocycles. The van der Waals surface area contributed by atoms with Crippen LogP contribution < -0.4 is 0 Å². The molecule has 1 heterocycles. The van der Waals surface area contributed by atoms with Crippen LogP contribution in [0, 0.1) is 13.8 Å². The minimum absolute atomic E-state index is 0.215. The molecule has 0 aliphatic carbocycles. The maximum absolute atomic E-state index is 11.9. The number of rotatable bonds is 3. The van der Waals surface area contributed by atoms with E-state index in [2.05, 4.69) is 4.98 Å². The summed E-state index contributed by atoms with van der Waals surface area (Å²) in [5.74, 6) is -0.138. The largest absolute Gasteiger partial charge is 0.507 e. The van der Waals surface area contributed by atoms with E-state index >= 15 is 0 Å². The van der Waals surface area contributed by atoms with Crippen molar-refractivity contribution in [3.63, 3.8) is 0 Å². The molecule has 3 aromatic rings. The van der Waals surface area contributed by atoms with Crippen molar-refractivity contribution in [2.24, 2.45) is 0 Å². The Bertz CT molecular complexity index is 899. The molecule has 118 valence electrons. The fourth-order valence-corrected chi connectivity index (χ4v) is 3.43. The van der Waals surface area contributed by atoms with Crippen LogP contribution in [0.2, 0.25) is 0 Å². The highest BCUT2D eigenvalue weighted by Crippen LogP contribution is 2.35. The number of nitrogens with zero attached hydrogens (tertiary/aromatic N) is 1. The SMILES string of the molecule is CCOC(=O)c1sc(-c2cc(O)c3cc(C)ccc3c2)nc1C. The van der Waals surface area contributed by atoms with Gasteiger partial charge in [-0.2, -0.15) is 0 Å². The van der Waals surface area contributed by atoms with Crippen molar-refractivity contribution in [2.45, 2.75) is 20.8 Å². The summed E-state index contributed by atoms with van der Waals surface area (Å²) in [6.45, 7) is 5.89. The van der Waals surface area contributed by atoms with Gasteiger partial charge in [0.25, 0.3) is 0 Å². The van der Waals surface area contributed by atoms with Crippen molar-refractivity contribution in [1.82, 2.24) is 4.98 Å². The Kier molecular flexibility index (Phi) is 4.05. The van der Waals surface area contributed by atoms with E-state index in [0.717, 1.165) is 21.9 Å². The molecule has 0 aliphatic heterocycles. The fourth-order valence-electron chi connectivity index (χ4n) is 2.48. The average Bonchev–Trinajstić information content (AvgIpc) is 2.90. The molecule has 0 fully saturated rings. The van der Waals surface area contributed by atoms with Gasteiger partial charge in [0.1, 0.15) is 15.6 Å². The number of carbonyl (C=O) groups is 1. The van der Waals surface area contributed by atoms with Crippen LogP contribution in [0.3, 0.4) is 0 Å². The van der Waals surface area contributed by atoms with Crippen molar-refractivity contribution < 1.29 is 14.6 Å². The van der Waals surface area contributed by atoms with E-state index in [4.69, 9.17) is 4.74 Å². The summed E-state index contributed by atoms with van der Waals surface area (Å²) in [6.07, 6.45) is 0. The number of carbonyl (C=O) groups excluding carboxylic acids is 1. The fraction of sp³-hybridized carbons (Fsp3) is 0.222. The van der Waals surface area contributed by atoms with Gasteiger partial charge in [-0.15, -0.1) is 11.3 Å². The lowest BCUT2D eigenvalue weighted by molar-refractivity contribution is 0.0531. The number of hydrogen-bond donors (Lipinski definition) is 1. The molecular formula is C18H17NO3S. The number of esters is 1. The molecule has 0 saturated carbocycles. The van der Waals surface area contributed by atoms with Crippen molar-refractivity contribution in [3.05, 3.63) is 46.5 Å². The first-order chi connectivity index (χ1) is 11.0. The first-order valence-corrected chi connectivity index (χ1v) is 8.19. The first kappa shape index (κ1) is 15.5. The highest BCUT2D eigenvalue weighted by Gasteiger charge is 2.18. The van der Waals surface area contributed by atoms with Gasteiger partial charge in [0.15, 0.2) is 0 Å². The number of aromatic hydroxyl groups is 1. The molecule has 4 nitrogen and oxygen atoms in total. The van der Waals surface area contributed by atoms with E-state index < -0.39 is 0 Å². The van der Waals surface area contributed by atoms with Crippen LogP contribution in [0.1, 0.15) is 27.9 Å². The average molecular weight is 327 g/mol. The third-order valence-electron chi connectivity index (χ3n) is 3.59. The number of thiazole rings is 1. The predicted octanol–water partition coefficient (Wildman–Crippen LogP) is 4.46. The molecule has 1 N–H and O–H groups in total. The van der Waals surface area contributed by atoms with Gasteiger partial charge >= 0.3 is 5.97 Å². The Hall–Kier alpha value is -2.40. The van der Waals surface area contributed by atoms with Crippen LogP contribution in [0.25, 0.3) is 21.3 Å². The maximum Gasteiger partial charge on any atom is 0.350 e. The standard InChI is InChI=1S/C18H17NO3S/c1-4-22-18(21)16-11(3)19-17(23-16)13-8-12-6-5-10(2)7-14(12)15(20)9-13/h5-9,20H,4H2,1-3H3. The van der Waals surface area contributed by atoms with Gasteiger partial charge < -0.3 is 9.84 Å². The molecule has 0 radical (unpaired) electrons. The Balaban J connectivity index is 2.09. The molecule has 2 aromatic carbocycles. The maximum atomic E-state index is 11.9. The second-order valence-corrected chi connectivity index (χ2v) is 6.37. The molecule has 0 bridgehead atoms. The van der Waals surface area contributed by atoms with Crippen LogP contribution in [0.4, 0.5) is 0 Å². The van der Waals surface area contributed by atoms with Crippen LogP contribution >= 0.6 is 11.3 Å². The van der Waals surface area contributed by atoms with Gasteiger partial charge in [-0.05, 0) is 44.4 Å². The summed E-state index contributed by atoms with van der Waals surface area (Å²) in [5, 5.41) is 12.7. The molecule has 0 amide bonds. The normalized spacial score (nSPS) is 10.9. The monoisotopic (exact) mass is 327 g/mol. The Morgan fingerprint density at radius 1 is 1.26 bits per heavy atom. The molecule has 0 atom stereocenters. The smallest absolute Gasteiger partial charge is 0.350 e. The number of ether oxygens (including phenoxy) is 1. The number of phenols is 1. The minimum Gasteiger partial charge on any atom is -0.507 e. The molecule has 3 rings (SSSR count). The summed E-state index contributed by atoms with van der Waals surface area (Å²) < 4.78 is 5.05. The second kappa shape index (κ2) is 6.01. The second-order valence-electron chi connectivity index (χ2n) is 5.37. The Morgan fingerprint density at radius 3 is 2.78 bits per heavy atom. The number of hydrogen-bond acceptors (Lipinski definition) is 5. The van der Waals surface area contributed by atoms with E-state index in [0.29, 0.717) is 22.2 Å². The Morgan fingerprint density at radius 2 is 2.04 bits per heavy atom. The summed E-state index contributed by atoms with van der Waals surface area (Å²) in [6, 6.07) is 9.59. The molecule has 0 spiro atoms. The van der Waals surface area contributed by atoms with E-state index in [1.807, 2.05) is 31.2 Å². The molecule has 1 aromatic heterocycles. The van der Waals surface area contributed by atoms with Gasteiger partial charge in [0.05, 0.1) is 12.3 Å². The van der Waals surface area contributed by atoms with E-state index in [1.54, 1.807) is 19.9 Å². The van der Waals surface area contributed by atoms with E-state index in [-0.39, 0.29) is 11.7 Å². The Labute approximate surface area is 138 Å². The van der Waals surface area contributed by atoms with Crippen molar-refractivity contribution in [3.8, 4) is 16.3 Å². The van der Waals surface area contributed by atoms with Gasteiger partial charge in [0, 0.05) is 10.9 Å². The van der Waals surface area contributed by atoms with E-state index in [1.165, 1.54) is 11.3 Å². The van der Waals surface area contributed by atoms with Gasteiger partial charge in [0.2, 0.25) is 0 Å². The summed E-state index contributed by atoms with van der Waals surface area (Å²) in [7, 11) is 0. The molecule has 0 unspecified atom stereocenters. The predicted molar refractivity (Wildman–Crippen MR) is 92.2 cm³/mol. The van der Waals surface area contributed by atoms with Crippen LogP contribution in [0.5, 0.6) is 5.75 Å². The quantitative estimate of drug-likeness (QED) is 0.721. The summed E-state index contributed by atoms with van der Waals surface area (Å²) in [5.41, 5.74) is 2.53. The zero-order valence-corrected chi connectivity index (χ0v) is 14.0. The number of benzene rings is 2. The summed E-state index contributed by atoms with van der Waals surface area (Å²) in [4.78, 5) is 16.9. The van der Waals surface area contributed by atoms with Crippen molar-refractivity contribution >= 4 is 28.1 Å². The van der Waals surface area contributed by atoms with Gasteiger partial charge in [-0.1, -0.05) is 17.7 Å². The number of phenolic OH excluding ortho intramolecular Hbond substituents is 1. The zero-order valence-electron chi connectivity index (χ0n) is 13.2. The number of aromatic nitrogens is 1. The molecule has 0 aliphatic rings. The van der Waals surface area contributed by atoms with E-state index in [9.17, 15) is 9.90 Å². The number of fused-ring (bicyclic) bond motifs is 1. The van der Waals surface area contributed by atoms with Crippen molar-refractivity contribution in [1.29, 1.82) is 0 Å². The third kappa shape index (κ3) is 2.92. The van der Waals surface area contributed by atoms with Crippen molar-refractivity contribution in [2.75, 3.05) is 6.61 Å². The molecule has 5 heteroatoms. The van der Waals surface area contributed by atoms with Crippen LogP contribution in [-0.4, -0.2) is 22.7 Å². The topological polar surface area (TPSA) is 59.4 Å². The van der Waals surface area contributed by atoms with Gasteiger partial charge in [-0.25, -0.2) is 9.78 Å². The number of aryl methyl sites for hydroxylation is 2. The van der Waals surface area contributed by atoms with Crippen LogP contribution in [-0.2, 0) is 4.74 Å². The molecular weight excluding hydrogens is 310 g/mol. The lowest BCUT2D eigenvalue weighted by atomic mass is 10.0. The molecule has 23 heavy (non-hydrogen) atoms. The first-order valence-electron chi connectivity index (χ1n) is 7.38. The highest BCUT2D eigenvalue weighted by molar-refractivity contribution is 7.17. The third-order valence-corrected chi connectivity index (χ3v) is 4.78. The minimum atomic E-state index is -0.352. The van der Waals surface area contributed by atoms with Crippen LogP contribution in [0.15, 0.2) is 30.3 Å². The summed E-state index contributed by atoms with van der Waals surface area (Å²) >= 11 is 1.28. The lowest BCUT2D eigenvalue weighted by Crippen LogP contribution is -2.03. The van der Waals surface area contributed by atoms with Gasteiger partial charge in [-0.3, -0.25) is 0 Å². The zero-order chi connectivity index (χ0) is 16.6. The highest BCUT2D eigenvalue weighted by atomic mass is 32.1.